The third-order valence-corrected chi connectivity index (χ3v) is 4.80. The minimum Gasteiger partial charge on any atom is -0.492 e. The third-order valence-electron chi connectivity index (χ3n) is 3.51. The normalized spacial score (nSPS) is 18.6. The summed E-state index contributed by atoms with van der Waals surface area (Å²) in [6, 6.07) is 16.2. The summed E-state index contributed by atoms with van der Waals surface area (Å²) in [6.45, 7) is 2.48. The maximum Gasteiger partial charge on any atom is 0.119 e. The first-order valence-corrected chi connectivity index (χ1v) is 7.76. The predicted octanol–water partition coefficient (Wildman–Crippen LogP) is 3.84. The number of rotatable bonds is 4. The molecule has 2 nitrogen and oxygen atoms in total. The van der Waals surface area contributed by atoms with Gasteiger partial charge >= 0.3 is 0 Å². The fourth-order valence-electron chi connectivity index (χ4n) is 2.38. The molecule has 0 saturated carbocycles. The summed E-state index contributed by atoms with van der Waals surface area (Å²) in [4.78, 5) is 1.38. The molecule has 0 saturated heterocycles. The monoisotopic (exact) mass is 286 g/mol. The van der Waals surface area contributed by atoms with Gasteiger partial charge in [-0.25, -0.2) is 0 Å². The van der Waals surface area contributed by atoms with Crippen LogP contribution in [0.3, 0.4) is 0 Å². The number of aliphatic hydroxyl groups is 1. The van der Waals surface area contributed by atoms with Gasteiger partial charge in [-0.3, -0.25) is 0 Å². The highest BCUT2D eigenvalue weighted by molar-refractivity contribution is 8.00. The zero-order valence-corrected chi connectivity index (χ0v) is 12.3. The lowest BCUT2D eigenvalue weighted by molar-refractivity contribution is 0.199. The van der Waals surface area contributed by atoms with Gasteiger partial charge in [-0.2, -0.15) is 0 Å². The fraction of sp³-hybridized carbons (Fsp3) is 0.294. The van der Waals surface area contributed by atoms with Gasteiger partial charge in [0.1, 0.15) is 12.4 Å². The zero-order valence-electron chi connectivity index (χ0n) is 11.5. The SMILES string of the molecule is C[C@H](O)c1ccc(OCC2Cc3ccccc3S2)cc1. The fourth-order valence-corrected chi connectivity index (χ4v) is 3.60. The highest BCUT2D eigenvalue weighted by atomic mass is 32.2. The maximum absolute atomic E-state index is 9.47. The minimum absolute atomic E-state index is 0.427. The molecule has 0 amide bonds. The Kier molecular flexibility index (Phi) is 3.99. The van der Waals surface area contributed by atoms with Crippen molar-refractivity contribution in [2.75, 3.05) is 6.61 Å². The molecular weight excluding hydrogens is 268 g/mol. The first-order chi connectivity index (χ1) is 9.72. The maximum atomic E-state index is 9.47. The second kappa shape index (κ2) is 5.90. The molecular formula is C17H18O2S. The van der Waals surface area contributed by atoms with E-state index in [1.165, 1.54) is 10.5 Å². The van der Waals surface area contributed by atoms with Crippen LogP contribution in [0.4, 0.5) is 0 Å². The number of hydrogen-bond acceptors (Lipinski definition) is 3. The Morgan fingerprint density at radius 1 is 1.20 bits per heavy atom. The topological polar surface area (TPSA) is 29.5 Å². The van der Waals surface area contributed by atoms with Gasteiger partial charge in [0, 0.05) is 10.1 Å². The van der Waals surface area contributed by atoms with E-state index in [1.807, 2.05) is 36.0 Å². The largest absolute Gasteiger partial charge is 0.492 e. The van der Waals surface area contributed by atoms with E-state index in [9.17, 15) is 5.11 Å². The molecule has 2 atom stereocenters. The van der Waals surface area contributed by atoms with Gasteiger partial charge in [0.2, 0.25) is 0 Å². The van der Waals surface area contributed by atoms with Crippen LogP contribution in [-0.4, -0.2) is 17.0 Å². The van der Waals surface area contributed by atoms with E-state index in [2.05, 4.69) is 24.3 Å². The third kappa shape index (κ3) is 3.00. The molecule has 104 valence electrons. The van der Waals surface area contributed by atoms with E-state index in [1.54, 1.807) is 6.92 Å². The Morgan fingerprint density at radius 3 is 2.65 bits per heavy atom. The molecule has 1 heterocycles. The number of hydrogen-bond donors (Lipinski definition) is 1. The van der Waals surface area contributed by atoms with E-state index in [0.29, 0.717) is 11.9 Å². The molecule has 0 radical (unpaired) electrons. The van der Waals surface area contributed by atoms with Crippen LogP contribution in [0, 0.1) is 0 Å². The predicted molar refractivity (Wildman–Crippen MR) is 82.4 cm³/mol. The molecule has 1 N–H and O–H groups in total. The molecule has 0 aromatic heterocycles. The lowest BCUT2D eigenvalue weighted by Crippen LogP contribution is -2.13. The van der Waals surface area contributed by atoms with Crippen LogP contribution in [0.2, 0.25) is 0 Å². The first-order valence-electron chi connectivity index (χ1n) is 6.88. The van der Waals surface area contributed by atoms with Crippen molar-refractivity contribution in [1.82, 2.24) is 0 Å². The van der Waals surface area contributed by atoms with Gasteiger partial charge in [-0.05, 0) is 42.7 Å². The van der Waals surface area contributed by atoms with Crippen LogP contribution in [0.1, 0.15) is 24.2 Å². The summed E-state index contributed by atoms with van der Waals surface area (Å²) < 4.78 is 5.85. The van der Waals surface area contributed by atoms with E-state index < -0.39 is 6.10 Å². The number of fused-ring (bicyclic) bond motifs is 1. The van der Waals surface area contributed by atoms with Crippen molar-refractivity contribution in [2.45, 2.75) is 29.6 Å². The second-order valence-electron chi connectivity index (χ2n) is 5.11. The Hall–Kier alpha value is -1.45. The van der Waals surface area contributed by atoms with Crippen LogP contribution in [0.25, 0.3) is 0 Å². The smallest absolute Gasteiger partial charge is 0.119 e. The first kappa shape index (κ1) is 13.5. The molecule has 1 aliphatic rings. The highest BCUT2D eigenvalue weighted by Crippen LogP contribution is 2.36. The van der Waals surface area contributed by atoms with E-state index >= 15 is 0 Å². The quantitative estimate of drug-likeness (QED) is 0.926. The van der Waals surface area contributed by atoms with Gasteiger partial charge in [0.25, 0.3) is 0 Å². The highest BCUT2D eigenvalue weighted by Gasteiger charge is 2.22. The van der Waals surface area contributed by atoms with Gasteiger partial charge in [0.05, 0.1) is 6.10 Å². The van der Waals surface area contributed by atoms with Crippen molar-refractivity contribution < 1.29 is 9.84 Å². The van der Waals surface area contributed by atoms with Crippen molar-refractivity contribution in [3.8, 4) is 5.75 Å². The molecule has 2 aromatic rings. The number of thioether (sulfide) groups is 1. The van der Waals surface area contributed by atoms with Gasteiger partial charge in [-0.15, -0.1) is 11.8 Å². The molecule has 0 aliphatic carbocycles. The molecule has 0 fully saturated rings. The summed E-state index contributed by atoms with van der Waals surface area (Å²) in [5.41, 5.74) is 2.34. The van der Waals surface area contributed by atoms with E-state index in [-0.39, 0.29) is 0 Å². The summed E-state index contributed by atoms with van der Waals surface area (Å²) in [6.07, 6.45) is 0.649. The van der Waals surface area contributed by atoms with E-state index in [4.69, 9.17) is 4.74 Å². The van der Waals surface area contributed by atoms with Gasteiger partial charge in [-0.1, -0.05) is 30.3 Å². The summed E-state index contributed by atoms with van der Waals surface area (Å²) in [5, 5.41) is 9.96. The van der Waals surface area contributed by atoms with Crippen LogP contribution >= 0.6 is 11.8 Å². The molecule has 20 heavy (non-hydrogen) atoms. The Balaban J connectivity index is 1.56. The summed E-state index contributed by atoms with van der Waals surface area (Å²) in [7, 11) is 0. The standard InChI is InChI=1S/C17H18O2S/c1-12(18)13-6-8-15(9-7-13)19-11-16-10-14-4-2-3-5-17(14)20-16/h2-9,12,16,18H,10-11H2,1H3/t12-,16?/m0/s1. The van der Waals surface area contributed by atoms with Gasteiger partial charge < -0.3 is 9.84 Å². The Morgan fingerprint density at radius 2 is 1.95 bits per heavy atom. The molecule has 3 heteroatoms. The molecule has 0 spiro atoms. The van der Waals surface area contributed by atoms with Crippen LogP contribution < -0.4 is 4.74 Å². The molecule has 3 rings (SSSR count). The summed E-state index contributed by atoms with van der Waals surface area (Å²) >= 11 is 1.90. The average molecular weight is 286 g/mol. The van der Waals surface area contributed by atoms with Crippen molar-refractivity contribution in [3.05, 3.63) is 59.7 Å². The molecule has 2 aromatic carbocycles. The average Bonchev–Trinajstić information content (AvgIpc) is 2.88. The van der Waals surface area contributed by atoms with Crippen molar-refractivity contribution in [1.29, 1.82) is 0 Å². The zero-order chi connectivity index (χ0) is 13.9. The molecule has 0 bridgehead atoms. The molecule has 1 aliphatic heterocycles. The van der Waals surface area contributed by atoms with Crippen LogP contribution in [-0.2, 0) is 6.42 Å². The van der Waals surface area contributed by atoms with Crippen molar-refractivity contribution in [2.24, 2.45) is 0 Å². The minimum atomic E-state index is -0.427. The Bertz CT molecular complexity index is 553. The summed E-state index contributed by atoms with van der Waals surface area (Å²) in [5.74, 6) is 0.867. The Labute approximate surface area is 123 Å². The second-order valence-corrected chi connectivity index (χ2v) is 6.45. The molecule has 1 unspecified atom stereocenters. The lowest BCUT2D eigenvalue weighted by Gasteiger charge is -2.12. The number of aliphatic hydroxyl groups excluding tert-OH is 1. The van der Waals surface area contributed by atoms with E-state index in [0.717, 1.165) is 17.7 Å². The lowest BCUT2D eigenvalue weighted by atomic mass is 10.1. The van der Waals surface area contributed by atoms with Crippen LogP contribution in [0.5, 0.6) is 5.75 Å². The van der Waals surface area contributed by atoms with Gasteiger partial charge in [0.15, 0.2) is 0 Å². The van der Waals surface area contributed by atoms with Crippen molar-refractivity contribution >= 4 is 11.8 Å². The van der Waals surface area contributed by atoms with Crippen LogP contribution in [0.15, 0.2) is 53.4 Å². The van der Waals surface area contributed by atoms with Crippen molar-refractivity contribution in [3.63, 3.8) is 0 Å². The number of benzene rings is 2. The number of ether oxygens (including phenoxy) is 1.